The van der Waals surface area contributed by atoms with Crippen molar-refractivity contribution < 1.29 is 46.1 Å². The summed E-state index contributed by atoms with van der Waals surface area (Å²) in [5.74, 6) is 0. The van der Waals surface area contributed by atoms with Crippen LogP contribution in [0.25, 0.3) is 0 Å². The number of halogens is 2. The minimum Gasteiger partial charge on any atom is -1.00 e. The molecule has 0 N–H and O–H groups in total. The number of hydrogen-bond donors (Lipinski definition) is 0. The van der Waals surface area contributed by atoms with Gasteiger partial charge in [0, 0.05) is 0 Å². The molecule has 0 atom stereocenters. The van der Waals surface area contributed by atoms with Gasteiger partial charge in [-0.3, -0.25) is 0 Å². The Balaban J connectivity index is 0.00000160. The summed E-state index contributed by atoms with van der Waals surface area (Å²) in [5, 5.41) is 0. The van der Waals surface area contributed by atoms with E-state index in [1.54, 1.807) is 20.9 Å². The third-order valence-electron chi connectivity index (χ3n) is 6.29. The first kappa shape index (κ1) is 25.0. The van der Waals surface area contributed by atoms with Crippen LogP contribution in [-0.2, 0) is 21.3 Å². The summed E-state index contributed by atoms with van der Waals surface area (Å²) in [6, 6.07) is 22.3. The first-order valence-corrected chi connectivity index (χ1v) is 13.9. The first-order valence-electron chi connectivity index (χ1n) is 10.2. The number of rotatable bonds is 4. The van der Waals surface area contributed by atoms with Gasteiger partial charge in [0.15, 0.2) is 0 Å². The molecule has 2 aromatic rings. The monoisotopic (exact) mass is 512 g/mol. The van der Waals surface area contributed by atoms with Gasteiger partial charge < -0.3 is 24.8 Å². The number of benzene rings is 2. The second kappa shape index (κ2) is 10.9. The van der Waals surface area contributed by atoms with Crippen molar-refractivity contribution in [2.75, 3.05) is 0 Å². The normalized spacial score (nSPS) is 15.0. The summed E-state index contributed by atoms with van der Waals surface area (Å²) in [5.41, 5.74) is 8.91. The Morgan fingerprint density at radius 2 is 0.967 bits per heavy atom. The zero-order valence-corrected chi connectivity index (χ0v) is 22.1. The van der Waals surface area contributed by atoms with Gasteiger partial charge in [0.1, 0.15) is 0 Å². The van der Waals surface area contributed by atoms with E-state index in [1.807, 2.05) is 0 Å². The topological polar surface area (TPSA) is 0 Å². The van der Waals surface area contributed by atoms with Gasteiger partial charge in [-0.25, -0.2) is 0 Å². The van der Waals surface area contributed by atoms with Crippen LogP contribution < -0.4 is 24.8 Å². The van der Waals surface area contributed by atoms with Crippen LogP contribution in [0, 0.1) is 0 Å². The van der Waals surface area contributed by atoms with Crippen molar-refractivity contribution in [2.24, 2.45) is 0 Å². The Morgan fingerprint density at radius 1 is 0.600 bits per heavy atom. The van der Waals surface area contributed by atoms with Crippen molar-refractivity contribution in [2.45, 2.75) is 40.5 Å². The zero-order chi connectivity index (χ0) is 19.7. The molecule has 0 spiro atoms. The van der Waals surface area contributed by atoms with Crippen LogP contribution in [0.2, 0.25) is 0 Å². The third kappa shape index (κ3) is 4.80. The molecule has 0 radical (unpaired) electrons. The molecule has 3 heteroatoms. The smallest absolute Gasteiger partial charge is 1.00 e. The molecule has 0 saturated heterocycles. The molecule has 0 aliphatic heterocycles. The quantitative estimate of drug-likeness (QED) is 0.574. The molecular weight excluding hydrogens is 486 g/mol. The summed E-state index contributed by atoms with van der Waals surface area (Å²) in [6.45, 7) is 9.28. The maximum atomic E-state index is 2.45. The van der Waals surface area contributed by atoms with Crippen molar-refractivity contribution in [3.8, 4) is 0 Å². The Kier molecular flexibility index (Phi) is 9.04. The average Bonchev–Trinajstić information content (AvgIpc) is 3.23. The van der Waals surface area contributed by atoms with Crippen LogP contribution in [0.15, 0.2) is 102 Å². The maximum Gasteiger partial charge on any atom is -1.00 e. The Labute approximate surface area is 201 Å². The van der Waals surface area contributed by atoms with Gasteiger partial charge in [-0.05, 0) is 0 Å². The van der Waals surface area contributed by atoms with E-state index in [2.05, 4.69) is 101 Å². The van der Waals surface area contributed by atoms with Crippen LogP contribution in [0.4, 0.5) is 0 Å². The van der Waals surface area contributed by atoms with E-state index in [-0.39, 0.29) is 24.8 Å². The van der Waals surface area contributed by atoms with Gasteiger partial charge in [0.2, 0.25) is 0 Å². The van der Waals surface area contributed by atoms with Crippen molar-refractivity contribution in [1.29, 1.82) is 0 Å². The molecule has 154 valence electrons. The minimum atomic E-state index is -2.30. The van der Waals surface area contributed by atoms with Gasteiger partial charge >= 0.3 is 178 Å². The van der Waals surface area contributed by atoms with E-state index in [0.717, 1.165) is 12.8 Å². The van der Waals surface area contributed by atoms with Crippen LogP contribution in [0.5, 0.6) is 0 Å². The van der Waals surface area contributed by atoms with Gasteiger partial charge in [-0.2, -0.15) is 0 Å². The molecule has 4 rings (SSSR count). The second-order valence-corrected chi connectivity index (χ2v) is 13.9. The number of allylic oxidation sites excluding steroid dienone is 8. The Morgan fingerprint density at radius 3 is 1.27 bits per heavy atom. The Bertz CT molecular complexity index is 983. The Hall–Kier alpha value is -1.27. The van der Waals surface area contributed by atoms with Crippen molar-refractivity contribution in [3.05, 3.63) is 113 Å². The van der Waals surface area contributed by atoms with E-state index in [4.69, 9.17) is 0 Å². The van der Waals surface area contributed by atoms with Gasteiger partial charge in [-0.15, -0.1) is 0 Å². The summed E-state index contributed by atoms with van der Waals surface area (Å²) >= 11 is -2.30. The van der Waals surface area contributed by atoms with Crippen molar-refractivity contribution in [1.82, 2.24) is 0 Å². The van der Waals surface area contributed by atoms with Crippen LogP contribution in [0.3, 0.4) is 0 Å². The molecule has 0 unspecified atom stereocenters. The van der Waals surface area contributed by atoms with Crippen LogP contribution >= 0.6 is 0 Å². The summed E-state index contributed by atoms with van der Waals surface area (Å²) in [6.07, 6.45) is 7.19. The molecule has 0 nitrogen and oxygen atoms in total. The first-order chi connectivity index (χ1) is 13.6. The van der Waals surface area contributed by atoms with E-state index in [0.29, 0.717) is 0 Å². The minimum absolute atomic E-state index is 0. The fourth-order valence-electron chi connectivity index (χ4n) is 4.33. The van der Waals surface area contributed by atoms with Gasteiger partial charge in [0.05, 0.1) is 0 Å². The van der Waals surface area contributed by atoms with E-state index < -0.39 is 21.3 Å². The largest absolute Gasteiger partial charge is 1.00 e. The van der Waals surface area contributed by atoms with Crippen molar-refractivity contribution in [3.63, 3.8) is 0 Å². The molecule has 30 heavy (non-hydrogen) atoms. The molecule has 0 bridgehead atoms. The average molecular weight is 515 g/mol. The van der Waals surface area contributed by atoms with Gasteiger partial charge in [0.25, 0.3) is 0 Å². The third-order valence-corrected chi connectivity index (χ3v) is 14.8. The molecule has 2 aromatic carbocycles. The molecule has 2 aliphatic rings. The summed E-state index contributed by atoms with van der Waals surface area (Å²) < 4.78 is 5.17. The molecule has 0 aromatic heterocycles. The maximum absolute atomic E-state index is 2.45. The van der Waals surface area contributed by atoms with E-state index >= 15 is 0 Å². The predicted molar refractivity (Wildman–Crippen MR) is 118 cm³/mol. The summed E-state index contributed by atoms with van der Waals surface area (Å²) in [7, 11) is 0. The molecule has 0 heterocycles. The molecule has 0 saturated carbocycles. The fraction of sp³-hybridized carbons (Fsp3) is 0.222. The molecule has 2 aliphatic carbocycles. The number of hydrogen-bond acceptors (Lipinski definition) is 0. The predicted octanol–water partition coefficient (Wildman–Crippen LogP) is 1.13. The molecule has 0 amide bonds. The second-order valence-electron chi connectivity index (χ2n) is 7.87. The zero-order valence-electron chi connectivity index (χ0n) is 18.1. The van der Waals surface area contributed by atoms with Crippen molar-refractivity contribution >= 4 is 3.21 Å². The fourth-order valence-corrected chi connectivity index (χ4v) is 13.3. The van der Waals surface area contributed by atoms with Gasteiger partial charge in [-0.1, -0.05) is 0 Å². The van der Waals surface area contributed by atoms with Crippen LogP contribution in [0.1, 0.15) is 51.7 Å². The SMILES string of the molecule is CC1=CC[C]([Zr+2]([C]2=C(C)C(C)=CC2)=[C](c2ccccc2)c2ccccc2)=C1C.[Cl-].[Cl-]. The van der Waals surface area contributed by atoms with Crippen LogP contribution in [-0.4, -0.2) is 3.21 Å². The molecular formula is C27H28Cl2Zr. The standard InChI is InChI=1S/C13H10.2C7H9.2ClH.Zr/c1-3-7-12(8-4-1)11-13-9-5-2-6-10-13;2*1-6-4-3-5-7(6)2;;;/h1-10H;2*4H,3H2,1-2H3;2*1H;/q;;;;;+2/p-2. The molecule has 0 fully saturated rings. The van der Waals surface area contributed by atoms with E-state index in [1.165, 1.54) is 22.3 Å². The summed E-state index contributed by atoms with van der Waals surface area (Å²) in [4.78, 5) is 0. The van der Waals surface area contributed by atoms with E-state index in [9.17, 15) is 0 Å².